The lowest BCUT2D eigenvalue weighted by molar-refractivity contribution is 0.293. The molecule has 0 radical (unpaired) electrons. The van der Waals surface area contributed by atoms with Crippen LogP contribution in [-0.2, 0) is 6.98 Å². The van der Waals surface area contributed by atoms with E-state index in [1.165, 1.54) is 4.68 Å². The molecule has 1 fully saturated rings. The first-order valence-corrected chi connectivity index (χ1v) is 5.44. The fraction of sp³-hybridized carbons (Fsp3) is 0.727. The Bertz CT molecular complexity index is 495. The van der Waals surface area contributed by atoms with Crippen molar-refractivity contribution in [2.45, 2.75) is 45.1 Å². The maximum Gasteiger partial charge on any atom is 0.290 e. The van der Waals surface area contributed by atoms with Crippen molar-refractivity contribution in [3.8, 4) is 0 Å². The summed E-state index contributed by atoms with van der Waals surface area (Å²) < 4.78 is 25.1. The van der Waals surface area contributed by atoms with Gasteiger partial charge < -0.3 is 5.73 Å². The normalized spacial score (nSPS) is 22.1. The number of hydrogen-bond donors (Lipinski definition) is 1. The molecule has 0 atom stereocenters. The number of anilines is 1. The zero-order chi connectivity index (χ0) is 13.5. The molecular formula is C11H19N3O. The van der Waals surface area contributed by atoms with Gasteiger partial charge in [0.1, 0.15) is 5.69 Å². The molecule has 0 amide bonds. The van der Waals surface area contributed by atoms with E-state index in [1.54, 1.807) is 6.92 Å². The summed E-state index contributed by atoms with van der Waals surface area (Å²) in [6.07, 6.45) is 4.90. The lowest BCUT2D eigenvalue weighted by Gasteiger charge is -2.24. The Balaban J connectivity index is 2.58. The summed E-state index contributed by atoms with van der Waals surface area (Å²) in [7, 11) is 0. The van der Waals surface area contributed by atoms with Gasteiger partial charge in [-0.1, -0.05) is 19.3 Å². The van der Waals surface area contributed by atoms with Gasteiger partial charge in [0.05, 0.1) is 11.7 Å². The van der Waals surface area contributed by atoms with Crippen LogP contribution in [0.4, 0.5) is 5.69 Å². The summed E-state index contributed by atoms with van der Waals surface area (Å²) in [6.45, 7) is -0.777. The highest BCUT2D eigenvalue weighted by Gasteiger charge is 2.21. The maximum absolute atomic E-state index is 12.1. The summed E-state index contributed by atoms with van der Waals surface area (Å²) in [5, 5.41) is 0. The third kappa shape index (κ3) is 1.58. The number of hydrogen-bond acceptors (Lipinski definition) is 2. The van der Waals surface area contributed by atoms with Gasteiger partial charge in [0.15, 0.2) is 0 Å². The minimum atomic E-state index is -2.36. The molecule has 0 spiro atoms. The van der Waals surface area contributed by atoms with Crippen molar-refractivity contribution in [2.24, 2.45) is 6.98 Å². The van der Waals surface area contributed by atoms with Crippen LogP contribution in [0.1, 0.15) is 48.0 Å². The van der Waals surface area contributed by atoms with Crippen molar-refractivity contribution >= 4 is 5.69 Å². The number of aromatic nitrogens is 2. The van der Waals surface area contributed by atoms with Crippen LogP contribution in [-0.4, -0.2) is 9.36 Å². The van der Waals surface area contributed by atoms with Gasteiger partial charge in [-0.25, -0.2) is 4.68 Å². The molecule has 1 aliphatic carbocycles. The van der Waals surface area contributed by atoms with Crippen LogP contribution in [0.3, 0.4) is 0 Å². The third-order valence-corrected chi connectivity index (χ3v) is 3.28. The summed E-state index contributed by atoms with van der Waals surface area (Å²) in [4.78, 5) is 12.1. The van der Waals surface area contributed by atoms with Crippen molar-refractivity contribution < 1.29 is 4.11 Å². The van der Waals surface area contributed by atoms with E-state index in [4.69, 9.17) is 9.85 Å². The monoisotopic (exact) mass is 212 g/mol. The van der Waals surface area contributed by atoms with Crippen LogP contribution in [0.25, 0.3) is 0 Å². The molecule has 2 N–H and O–H groups in total. The van der Waals surface area contributed by atoms with Gasteiger partial charge in [-0.15, -0.1) is 0 Å². The Labute approximate surface area is 93.9 Å². The highest BCUT2D eigenvalue weighted by atomic mass is 16.1. The molecule has 15 heavy (non-hydrogen) atoms. The minimum absolute atomic E-state index is 0.0392. The van der Waals surface area contributed by atoms with Gasteiger partial charge in [-0.3, -0.25) is 9.48 Å². The smallest absolute Gasteiger partial charge is 0.290 e. The molecule has 1 heterocycles. The second-order valence-corrected chi connectivity index (χ2v) is 4.25. The fourth-order valence-corrected chi connectivity index (χ4v) is 2.30. The Morgan fingerprint density at radius 1 is 1.40 bits per heavy atom. The Kier molecular flexibility index (Phi) is 1.79. The zero-order valence-corrected chi connectivity index (χ0v) is 8.99. The number of nitrogen functional groups attached to an aromatic ring is 1. The summed E-state index contributed by atoms with van der Waals surface area (Å²) in [6, 6.07) is -0.0392. The number of rotatable bonds is 1. The van der Waals surface area contributed by atoms with Gasteiger partial charge >= 0.3 is 0 Å². The van der Waals surface area contributed by atoms with Crippen molar-refractivity contribution in [2.75, 3.05) is 5.73 Å². The van der Waals surface area contributed by atoms with E-state index in [2.05, 4.69) is 0 Å². The van der Waals surface area contributed by atoms with Crippen LogP contribution in [0.5, 0.6) is 0 Å². The predicted molar refractivity (Wildman–Crippen MR) is 60.9 cm³/mol. The minimum Gasteiger partial charge on any atom is -0.393 e. The first-order valence-electron chi connectivity index (χ1n) is 6.94. The topological polar surface area (TPSA) is 52.9 Å². The van der Waals surface area contributed by atoms with Crippen LogP contribution in [0, 0.1) is 6.92 Å². The van der Waals surface area contributed by atoms with E-state index in [-0.39, 0.29) is 17.3 Å². The predicted octanol–water partition coefficient (Wildman–Crippen LogP) is 1.58. The molecule has 1 aliphatic rings. The van der Waals surface area contributed by atoms with Gasteiger partial charge in [0, 0.05) is 11.1 Å². The Morgan fingerprint density at radius 2 is 2.07 bits per heavy atom. The lowest BCUT2D eigenvalue weighted by Crippen LogP contribution is -2.28. The number of nitrogens with two attached hydrogens (primary N) is 1. The molecule has 84 valence electrons. The summed E-state index contributed by atoms with van der Waals surface area (Å²) in [5.41, 5.74) is 5.73. The SMILES string of the molecule is [2H]C([2H])([2H])n1c(C)c(N)c(=O)n1C1CCCCC1. The molecule has 1 saturated carbocycles. The van der Waals surface area contributed by atoms with Crippen LogP contribution in [0.15, 0.2) is 4.79 Å². The summed E-state index contributed by atoms with van der Waals surface area (Å²) >= 11 is 0. The molecule has 0 aromatic carbocycles. The van der Waals surface area contributed by atoms with Crippen LogP contribution < -0.4 is 11.3 Å². The van der Waals surface area contributed by atoms with Crippen molar-refractivity contribution in [3.63, 3.8) is 0 Å². The van der Waals surface area contributed by atoms with E-state index in [1.807, 2.05) is 0 Å². The molecule has 1 aromatic heterocycles. The van der Waals surface area contributed by atoms with E-state index in [9.17, 15) is 4.79 Å². The average Bonchev–Trinajstić information content (AvgIpc) is 2.54. The summed E-state index contributed by atoms with van der Waals surface area (Å²) in [5.74, 6) is 0. The second kappa shape index (κ2) is 3.76. The van der Waals surface area contributed by atoms with E-state index in [0.717, 1.165) is 36.8 Å². The molecule has 4 heteroatoms. The first-order chi connectivity index (χ1) is 8.34. The largest absolute Gasteiger partial charge is 0.393 e. The zero-order valence-electron chi connectivity index (χ0n) is 12.0. The maximum atomic E-state index is 12.1. The average molecular weight is 212 g/mol. The molecule has 0 unspecified atom stereocenters. The van der Waals surface area contributed by atoms with Gasteiger partial charge in [-0.2, -0.15) is 0 Å². The second-order valence-electron chi connectivity index (χ2n) is 4.25. The first kappa shape index (κ1) is 7.14. The molecule has 1 aromatic rings. The lowest BCUT2D eigenvalue weighted by atomic mass is 9.96. The molecule has 0 aliphatic heterocycles. The number of nitrogens with zero attached hydrogens (tertiary/aromatic N) is 2. The molecule has 0 saturated heterocycles. The Hall–Kier alpha value is -1.19. The van der Waals surface area contributed by atoms with Gasteiger partial charge in [-0.05, 0) is 19.8 Å². The molecule has 4 nitrogen and oxygen atoms in total. The van der Waals surface area contributed by atoms with E-state index >= 15 is 0 Å². The molecule has 2 rings (SSSR count). The van der Waals surface area contributed by atoms with Crippen LogP contribution >= 0.6 is 0 Å². The van der Waals surface area contributed by atoms with Crippen LogP contribution in [0.2, 0.25) is 0 Å². The standard InChI is InChI=1S/C11H19N3O/c1-8-10(12)11(15)14(13(8)2)9-6-4-3-5-7-9/h9H,3-7,12H2,1-2H3/i2D3. The molecule has 0 bridgehead atoms. The van der Waals surface area contributed by atoms with Crippen molar-refractivity contribution in [1.29, 1.82) is 0 Å². The Morgan fingerprint density at radius 3 is 2.67 bits per heavy atom. The molecular weight excluding hydrogens is 190 g/mol. The fourth-order valence-electron chi connectivity index (χ4n) is 2.30. The van der Waals surface area contributed by atoms with Crippen molar-refractivity contribution in [3.05, 3.63) is 16.0 Å². The van der Waals surface area contributed by atoms with E-state index < -0.39 is 6.98 Å². The third-order valence-electron chi connectivity index (χ3n) is 3.28. The van der Waals surface area contributed by atoms with Gasteiger partial charge in [0.25, 0.3) is 5.56 Å². The quantitative estimate of drug-likeness (QED) is 0.768. The highest BCUT2D eigenvalue weighted by molar-refractivity contribution is 5.40. The van der Waals surface area contributed by atoms with Crippen molar-refractivity contribution in [1.82, 2.24) is 9.36 Å². The van der Waals surface area contributed by atoms with Gasteiger partial charge in [0.2, 0.25) is 0 Å². The highest BCUT2D eigenvalue weighted by Crippen LogP contribution is 2.27. The van der Waals surface area contributed by atoms with E-state index in [0.29, 0.717) is 5.69 Å².